The summed E-state index contributed by atoms with van der Waals surface area (Å²) in [4.78, 5) is 0.0797. The van der Waals surface area contributed by atoms with E-state index in [9.17, 15) is 8.42 Å². The smallest absolute Gasteiger partial charge is 0.263 e. The van der Waals surface area contributed by atoms with Gasteiger partial charge in [0.1, 0.15) is 4.90 Å². The molecule has 0 atom stereocenters. The van der Waals surface area contributed by atoms with Gasteiger partial charge in [-0.05, 0) is 6.07 Å². The standard InChI is InChI=1S/C9H7Cl2NO2S/c1-12-5-7(10)6-3-2-4-8(9(6)12)15(11,13)14/h2-5H,1H3. The Bertz CT molecular complexity index is 631. The highest BCUT2D eigenvalue weighted by Crippen LogP contribution is 2.31. The van der Waals surface area contributed by atoms with Crippen LogP contribution in [0.1, 0.15) is 0 Å². The zero-order valence-corrected chi connectivity index (χ0v) is 10.1. The molecule has 0 amide bonds. The lowest BCUT2D eigenvalue weighted by Gasteiger charge is -2.01. The SMILES string of the molecule is Cn1cc(Cl)c2cccc(S(=O)(=O)Cl)c21. The first-order valence-corrected chi connectivity index (χ1v) is 6.78. The topological polar surface area (TPSA) is 39.1 Å². The molecule has 1 aromatic carbocycles. The third-order valence-electron chi connectivity index (χ3n) is 2.18. The first-order chi connectivity index (χ1) is 6.91. The van der Waals surface area contributed by atoms with Crippen LogP contribution in [0.2, 0.25) is 5.02 Å². The molecule has 0 N–H and O–H groups in total. The van der Waals surface area contributed by atoms with Crippen molar-refractivity contribution >= 4 is 42.2 Å². The highest BCUT2D eigenvalue weighted by atomic mass is 35.7. The average Bonchev–Trinajstić information content (AvgIpc) is 2.41. The van der Waals surface area contributed by atoms with E-state index < -0.39 is 9.05 Å². The van der Waals surface area contributed by atoms with Gasteiger partial charge in [0.2, 0.25) is 0 Å². The number of nitrogens with zero attached hydrogens (tertiary/aromatic N) is 1. The Balaban J connectivity index is 3.00. The van der Waals surface area contributed by atoms with Gasteiger partial charge in [-0.2, -0.15) is 0 Å². The zero-order chi connectivity index (χ0) is 11.2. The first-order valence-electron chi connectivity index (χ1n) is 4.09. The number of fused-ring (bicyclic) bond motifs is 1. The first kappa shape index (κ1) is 10.8. The van der Waals surface area contributed by atoms with Crippen molar-refractivity contribution in [1.82, 2.24) is 4.57 Å². The summed E-state index contributed by atoms with van der Waals surface area (Å²) in [6.45, 7) is 0. The number of rotatable bonds is 1. The van der Waals surface area contributed by atoms with Crippen LogP contribution in [0.3, 0.4) is 0 Å². The summed E-state index contributed by atoms with van der Waals surface area (Å²) >= 11 is 5.94. The third kappa shape index (κ3) is 1.73. The fourth-order valence-electron chi connectivity index (χ4n) is 1.58. The predicted molar refractivity (Wildman–Crippen MR) is 61.0 cm³/mol. The van der Waals surface area contributed by atoms with Gasteiger partial charge in [0, 0.05) is 29.3 Å². The van der Waals surface area contributed by atoms with Crippen molar-refractivity contribution in [1.29, 1.82) is 0 Å². The number of aryl methyl sites for hydroxylation is 1. The van der Waals surface area contributed by atoms with Crippen molar-refractivity contribution in [2.24, 2.45) is 7.05 Å². The fraction of sp³-hybridized carbons (Fsp3) is 0.111. The van der Waals surface area contributed by atoms with E-state index in [1.54, 1.807) is 29.9 Å². The van der Waals surface area contributed by atoms with Gasteiger partial charge >= 0.3 is 0 Å². The maximum atomic E-state index is 11.3. The molecule has 0 spiro atoms. The predicted octanol–water partition coefficient (Wildman–Crippen LogP) is 2.76. The number of aromatic nitrogens is 1. The summed E-state index contributed by atoms with van der Waals surface area (Å²) in [6.07, 6.45) is 1.65. The largest absolute Gasteiger partial charge is 0.348 e. The van der Waals surface area contributed by atoms with E-state index in [1.165, 1.54) is 6.07 Å². The van der Waals surface area contributed by atoms with Crippen LogP contribution in [-0.2, 0) is 16.1 Å². The Morgan fingerprint density at radius 2 is 2.00 bits per heavy atom. The van der Waals surface area contributed by atoms with Gasteiger partial charge in [-0.1, -0.05) is 23.7 Å². The summed E-state index contributed by atoms with van der Waals surface area (Å²) in [7, 11) is 3.31. The second-order valence-corrected chi connectivity index (χ2v) is 6.12. The van der Waals surface area contributed by atoms with Gasteiger partial charge in [0.15, 0.2) is 0 Å². The van der Waals surface area contributed by atoms with Crippen molar-refractivity contribution in [3.05, 3.63) is 29.4 Å². The molecular formula is C9H7Cl2NO2S. The van der Waals surface area contributed by atoms with Crippen molar-refractivity contribution in [2.45, 2.75) is 4.90 Å². The molecule has 0 aliphatic carbocycles. The van der Waals surface area contributed by atoms with E-state index in [1.807, 2.05) is 0 Å². The zero-order valence-electron chi connectivity index (χ0n) is 7.74. The van der Waals surface area contributed by atoms with E-state index in [0.29, 0.717) is 15.9 Å². The number of halogens is 2. The molecule has 0 radical (unpaired) electrons. The minimum Gasteiger partial charge on any atom is -0.348 e. The Hall–Kier alpha value is -0.710. The lowest BCUT2D eigenvalue weighted by Crippen LogP contribution is -1.95. The lowest BCUT2D eigenvalue weighted by molar-refractivity contribution is 0.610. The molecule has 0 saturated carbocycles. The number of benzene rings is 1. The average molecular weight is 264 g/mol. The number of para-hydroxylation sites is 1. The van der Waals surface area contributed by atoms with Gasteiger partial charge in [-0.15, -0.1) is 0 Å². The van der Waals surface area contributed by atoms with Crippen LogP contribution < -0.4 is 0 Å². The Labute approximate surface area is 96.6 Å². The molecule has 2 aromatic rings. The van der Waals surface area contributed by atoms with Gasteiger partial charge in [-0.25, -0.2) is 8.42 Å². The highest BCUT2D eigenvalue weighted by molar-refractivity contribution is 8.14. The van der Waals surface area contributed by atoms with Crippen molar-refractivity contribution in [3.8, 4) is 0 Å². The summed E-state index contributed by atoms with van der Waals surface area (Å²) in [5.41, 5.74) is 0.525. The molecule has 80 valence electrons. The minimum absolute atomic E-state index is 0.0797. The normalized spacial score (nSPS) is 12.2. The Morgan fingerprint density at radius 3 is 2.60 bits per heavy atom. The Kier molecular flexibility index (Phi) is 2.45. The van der Waals surface area contributed by atoms with Crippen molar-refractivity contribution in [2.75, 3.05) is 0 Å². The Morgan fingerprint density at radius 1 is 1.33 bits per heavy atom. The van der Waals surface area contributed by atoms with E-state index in [4.69, 9.17) is 22.3 Å². The molecule has 0 aliphatic heterocycles. The maximum absolute atomic E-state index is 11.3. The van der Waals surface area contributed by atoms with Crippen LogP contribution in [0.5, 0.6) is 0 Å². The minimum atomic E-state index is -3.75. The second kappa shape index (κ2) is 3.40. The van der Waals surface area contributed by atoms with Crippen LogP contribution in [0, 0.1) is 0 Å². The molecule has 0 fully saturated rings. The van der Waals surface area contributed by atoms with Crippen LogP contribution >= 0.6 is 22.3 Å². The van der Waals surface area contributed by atoms with Crippen molar-refractivity contribution in [3.63, 3.8) is 0 Å². The molecule has 3 nitrogen and oxygen atoms in total. The molecule has 1 heterocycles. The number of hydrogen-bond donors (Lipinski definition) is 0. The van der Waals surface area contributed by atoms with Gasteiger partial charge in [0.25, 0.3) is 9.05 Å². The van der Waals surface area contributed by atoms with Crippen molar-refractivity contribution < 1.29 is 8.42 Å². The third-order valence-corrected chi connectivity index (χ3v) is 3.83. The summed E-state index contributed by atoms with van der Waals surface area (Å²) in [5.74, 6) is 0. The molecule has 0 saturated heterocycles. The molecular weight excluding hydrogens is 257 g/mol. The summed E-state index contributed by atoms with van der Waals surface area (Å²) in [5, 5.41) is 1.19. The van der Waals surface area contributed by atoms with Gasteiger partial charge in [-0.3, -0.25) is 0 Å². The molecule has 0 aliphatic rings. The molecule has 0 bridgehead atoms. The second-order valence-electron chi connectivity index (χ2n) is 3.18. The molecule has 2 rings (SSSR count). The monoisotopic (exact) mass is 263 g/mol. The molecule has 15 heavy (non-hydrogen) atoms. The van der Waals surface area contributed by atoms with Crippen LogP contribution in [0.25, 0.3) is 10.9 Å². The van der Waals surface area contributed by atoms with Crippen LogP contribution in [0.15, 0.2) is 29.3 Å². The van der Waals surface area contributed by atoms with E-state index >= 15 is 0 Å². The van der Waals surface area contributed by atoms with E-state index in [2.05, 4.69) is 0 Å². The highest BCUT2D eigenvalue weighted by Gasteiger charge is 2.17. The van der Waals surface area contributed by atoms with Crippen LogP contribution in [-0.4, -0.2) is 13.0 Å². The molecule has 1 aromatic heterocycles. The van der Waals surface area contributed by atoms with Gasteiger partial charge < -0.3 is 4.57 Å². The fourth-order valence-corrected chi connectivity index (χ4v) is 2.98. The van der Waals surface area contributed by atoms with E-state index in [-0.39, 0.29) is 4.90 Å². The molecule has 6 heteroatoms. The summed E-state index contributed by atoms with van der Waals surface area (Å²) in [6, 6.07) is 4.83. The van der Waals surface area contributed by atoms with E-state index in [0.717, 1.165) is 0 Å². The lowest BCUT2D eigenvalue weighted by atomic mass is 10.2. The van der Waals surface area contributed by atoms with Gasteiger partial charge in [0.05, 0.1) is 10.5 Å². The quantitative estimate of drug-likeness (QED) is 0.743. The number of hydrogen-bond acceptors (Lipinski definition) is 2. The molecule has 0 unspecified atom stereocenters. The van der Waals surface area contributed by atoms with Crippen LogP contribution in [0.4, 0.5) is 0 Å². The maximum Gasteiger partial charge on any atom is 0.263 e. The summed E-state index contributed by atoms with van der Waals surface area (Å²) < 4.78 is 24.3.